The van der Waals surface area contributed by atoms with Gasteiger partial charge in [0.15, 0.2) is 18.1 Å². The Morgan fingerprint density at radius 3 is 2.67 bits per heavy atom. The molecule has 1 aromatic carbocycles. The third-order valence-electron chi connectivity index (χ3n) is 4.14. The molecule has 24 heavy (non-hydrogen) atoms. The van der Waals surface area contributed by atoms with Crippen LogP contribution >= 0.6 is 0 Å². The van der Waals surface area contributed by atoms with Crippen molar-refractivity contribution < 1.29 is 19.1 Å². The second kappa shape index (κ2) is 8.01. The molecule has 1 heterocycles. The Balaban J connectivity index is 2.13. The van der Waals surface area contributed by atoms with Gasteiger partial charge in [0.05, 0.1) is 7.11 Å². The fourth-order valence-electron chi connectivity index (χ4n) is 2.74. The van der Waals surface area contributed by atoms with Gasteiger partial charge in [-0.3, -0.25) is 9.59 Å². The first kappa shape index (κ1) is 18.1. The number of likely N-dealkylation sites (N-methyl/N-ethyl adjacent to an activating group) is 2. The largest absolute Gasteiger partial charge is 0.493 e. The maximum atomic E-state index is 12.8. The number of nitrogens with zero attached hydrogens (tertiary/aromatic N) is 2. The molecule has 1 N–H and O–H groups in total. The summed E-state index contributed by atoms with van der Waals surface area (Å²) in [6.45, 7) is 4.37. The lowest BCUT2D eigenvalue weighted by Crippen LogP contribution is -2.52. The van der Waals surface area contributed by atoms with Crippen LogP contribution in [0.1, 0.15) is 17.3 Å². The number of rotatable bonds is 5. The standard InChI is InChI=1S/C17H25N3O4/c1-12-10-19(3)7-8-20(12)17(22)13-5-6-14(15(9-13)23-4)24-11-16(21)18-2/h5-6,9,12H,7-8,10-11H2,1-4H3,(H,18,21)/t12-/m1/s1. The fourth-order valence-corrected chi connectivity index (χ4v) is 2.74. The molecule has 132 valence electrons. The minimum atomic E-state index is -0.233. The molecule has 0 aromatic heterocycles. The quantitative estimate of drug-likeness (QED) is 0.853. The second-order valence-corrected chi connectivity index (χ2v) is 5.94. The predicted octanol–water partition coefficient (Wildman–Crippen LogP) is 0.596. The maximum absolute atomic E-state index is 12.8. The summed E-state index contributed by atoms with van der Waals surface area (Å²) in [5.41, 5.74) is 0.551. The van der Waals surface area contributed by atoms with E-state index < -0.39 is 0 Å². The van der Waals surface area contributed by atoms with Crippen molar-refractivity contribution in [3.8, 4) is 11.5 Å². The van der Waals surface area contributed by atoms with Gasteiger partial charge in [-0.1, -0.05) is 0 Å². The SMILES string of the molecule is CNC(=O)COc1ccc(C(=O)N2CCN(C)C[C@H]2C)cc1OC. The van der Waals surface area contributed by atoms with Crippen LogP contribution in [0.4, 0.5) is 0 Å². The number of carbonyl (C=O) groups excluding carboxylic acids is 2. The van der Waals surface area contributed by atoms with Gasteiger partial charge < -0.3 is 24.6 Å². The fraction of sp³-hybridized carbons (Fsp3) is 0.529. The highest BCUT2D eigenvalue weighted by Gasteiger charge is 2.27. The van der Waals surface area contributed by atoms with E-state index in [0.717, 1.165) is 13.1 Å². The molecular formula is C17H25N3O4. The van der Waals surface area contributed by atoms with E-state index in [0.29, 0.717) is 23.6 Å². The average molecular weight is 335 g/mol. The van der Waals surface area contributed by atoms with E-state index in [-0.39, 0.29) is 24.5 Å². The van der Waals surface area contributed by atoms with Crippen LogP contribution in [-0.2, 0) is 4.79 Å². The van der Waals surface area contributed by atoms with E-state index in [2.05, 4.69) is 17.3 Å². The van der Waals surface area contributed by atoms with Crippen LogP contribution in [-0.4, -0.2) is 75.1 Å². The molecule has 7 heteroatoms. The van der Waals surface area contributed by atoms with Gasteiger partial charge >= 0.3 is 0 Å². The van der Waals surface area contributed by atoms with E-state index in [1.54, 1.807) is 25.2 Å². The Bertz CT molecular complexity index is 605. The number of benzene rings is 1. The van der Waals surface area contributed by atoms with Gasteiger partial charge in [0, 0.05) is 38.3 Å². The minimum absolute atomic E-state index is 0.0215. The van der Waals surface area contributed by atoms with Crippen LogP contribution in [0.3, 0.4) is 0 Å². The lowest BCUT2D eigenvalue weighted by Gasteiger charge is -2.38. The minimum Gasteiger partial charge on any atom is -0.493 e. The van der Waals surface area contributed by atoms with Crippen molar-refractivity contribution in [2.24, 2.45) is 0 Å². The van der Waals surface area contributed by atoms with Crippen molar-refractivity contribution in [2.75, 3.05) is 47.4 Å². The number of amides is 2. The molecule has 1 aromatic rings. The summed E-state index contributed by atoms with van der Waals surface area (Å²) in [6.07, 6.45) is 0. The van der Waals surface area contributed by atoms with Crippen LogP contribution in [0.5, 0.6) is 11.5 Å². The molecular weight excluding hydrogens is 310 g/mol. The van der Waals surface area contributed by atoms with Gasteiger partial charge in [-0.25, -0.2) is 0 Å². The number of ether oxygens (including phenoxy) is 2. The zero-order chi connectivity index (χ0) is 17.7. The van der Waals surface area contributed by atoms with Gasteiger partial charge in [-0.2, -0.15) is 0 Å². The lowest BCUT2D eigenvalue weighted by atomic mass is 10.1. The third-order valence-corrected chi connectivity index (χ3v) is 4.14. The summed E-state index contributed by atoms with van der Waals surface area (Å²) in [4.78, 5) is 28.1. The van der Waals surface area contributed by atoms with Crippen LogP contribution < -0.4 is 14.8 Å². The van der Waals surface area contributed by atoms with Crippen molar-refractivity contribution in [1.29, 1.82) is 0 Å². The van der Waals surface area contributed by atoms with Gasteiger partial charge in [0.2, 0.25) is 0 Å². The van der Waals surface area contributed by atoms with E-state index >= 15 is 0 Å². The number of hydrogen-bond acceptors (Lipinski definition) is 5. The summed E-state index contributed by atoms with van der Waals surface area (Å²) in [5.74, 6) is 0.617. The molecule has 1 saturated heterocycles. The number of hydrogen-bond donors (Lipinski definition) is 1. The normalized spacial score (nSPS) is 18.2. The Hall–Kier alpha value is -2.28. The molecule has 1 fully saturated rings. The van der Waals surface area contributed by atoms with Gasteiger partial charge in [0.25, 0.3) is 11.8 Å². The maximum Gasteiger partial charge on any atom is 0.257 e. The molecule has 1 atom stereocenters. The van der Waals surface area contributed by atoms with Crippen LogP contribution in [0, 0.1) is 0 Å². The van der Waals surface area contributed by atoms with Gasteiger partial charge in [0.1, 0.15) is 0 Å². The first-order valence-electron chi connectivity index (χ1n) is 7.97. The summed E-state index contributed by atoms with van der Waals surface area (Å²) in [5, 5.41) is 2.48. The molecule has 2 amide bonds. The number of piperazine rings is 1. The zero-order valence-electron chi connectivity index (χ0n) is 14.7. The number of nitrogens with one attached hydrogen (secondary N) is 1. The second-order valence-electron chi connectivity index (χ2n) is 5.94. The van der Waals surface area contributed by atoms with Crippen LogP contribution in [0.25, 0.3) is 0 Å². The van der Waals surface area contributed by atoms with Crippen LogP contribution in [0.2, 0.25) is 0 Å². The van der Waals surface area contributed by atoms with Crippen molar-refractivity contribution >= 4 is 11.8 Å². The Kier molecular flexibility index (Phi) is 6.03. The van der Waals surface area contributed by atoms with E-state index in [1.165, 1.54) is 7.11 Å². The van der Waals surface area contributed by atoms with E-state index in [1.807, 2.05) is 11.8 Å². The number of methoxy groups -OCH3 is 1. The summed E-state index contributed by atoms with van der Waals surface area (Å²) in [6, 6.07) is 5.18. The highest BCUT2D eigenvalue weighted by atomic mass is 16.5. The summed E-state index contributed by atoms with van der Waals surface area (Å²) >= 11 is 0. The first-order chi connectivity index (χ1) is 11.5. The molecule has 1 aliphatic rings. The smallest absolute Gasteiger partial charge is 0.257 e. The Labute approximate surface area is 142 Å². The lowest BCUT2D eigenvalue weighted by molar-refractivity contribution is -0.122. The van der Waals surface area contributed by atoms with Gasteiger partial charge in [-0.15, -0.1) is 0 Å². The number of carbonyl (C=O) groups is 2. The molecule has 0 saturated carbocycles. The molecule has 0 unspecified atom stereocenters. The first-order valence-corrected chi connectivity index (χ1v) is 7.97. The van der Waals surface area contributed by atoms with Gasteiger partial charge in [-0.05, 0) is 32.2 Å². The Morgan fingerprint density at radius 2 is 2.04 bits per heavy atom. The zero-order valence-corrected chi connectivity index (χ0v) is 14.7. The molecule has 7 nitrogen and oxygen atoms in total. The van der Waals surface area contributed by atoms with E-state index in [4.69, 9.17) is 9.47 Å². The summed E-state index contributed by atoms with van der Waals surface area (Å²) < 4.78 is 10.7. The highest BCUT2D eigenvalue weighted by Crippen LogP contribution is 2.29. The molecule has 0 aliphatic carbocycles. The molecule has 0 spiro atoms. The van der Waals surface area contributed by atoms with Crippen LogP contribution in [0.15, 0.2) is 18.2 Å². The summed E-state index contributed by atoms with van der Waals surface area (Å²) in [7, 11) is 5.11. The topological polar surface area (TPSA) is 71.1 Å². The monoisotopic (exact) mass is 335 g/mol. The van der Waals surface area contributed by atoms with E-state index in [9.17, 15) is 9.59 Å². The molecule has 0 bridgehead atoms. The molecule has 1 aliphatic heterocycles. The third kappa shape index (κ3) is 4.17. The average Bonchev–Trinajstić information content (AvgIpc) is 2.58. The van der Waals surface area contributed by atoms with Crippen molar-refractivity contribution in [2.45, 2.75) is 13.0 Å². The molecule has 0 radical (unpaired) electrons. The van der Waals surface area contributed by atoms with Crippen molar-refractivity contribution in [3.63, 3.8) is 0 Å². The molecule has 2 rings (SSSR count). The Morgan fingerprint density at radius 1 is 1.29 bits per heavy atom. The van der Waals surface area contributed by atoms with Crippen molar-refractivity contribution in [1.82, 2.24) is 15.1 Å². The highest BCUT2D eigenvalue weighted by molar-refractivity contribution is 5.95. The predicted molar refractivity (Wildman–Crippen MR) is 90.6 cm³/mol. The van der Waals surface area contributed by atoms with Crippen molar-refractivity contribution in [3.05, 3.63) is 23.8 Å².